The van der Waals surface area contributed by atoms with Crippen LogP contribution < -0.4 is 10.6 Å². The highest BCUT2D eigenvalue weighted by Gasteiger charge is 2.16. The van der Waals surface area contributed by atoms with Gasteiger partial charge in [0.1, 0.15) is 0 Å². The maximum absolute atomic E-state index is 11.8. The number of piperidine rings is 1. The zero-order valence-corrected chi connectivity index (χ0v) is 14.4. The number of nitrogens with one attached hydrogen (secondary N) is 2. The van der Waals surface area contributed by atoms with E-state index in [1.165, 1.54) is 12.8 Å². The summed E-state index contributed by atoms with van der Waals surface area (Å²) < 4.78 is 0. The van der Waals surface area contributed by atoms with Gasteiger partial charge in [0.25, 0.3) is 0 Å². The van der Waals surface area contributed by atoms with Crippen LogP contribution in [-0.4, -0.2) is 48.8 Å². The van der Waals surface area contributed by atoms with Crippen LogP contribution in [-0.2, 0) is 0 Å². The Bertz CT molecular complexity index is 495. The minimum absolute atomic E-state index is 0.175. The molecule has 0 radical (unpaired) electrons. The number of rotatable bonds is 6. The molecule has 23 heavy (non-hydrogen) atoms. The molecule has 1 aromatic carbocycles. The molecule has 3 N–H and O–H groups in total. The summed E-state index contributed by atoms with van der Waals surface area (Å²) in [5.41, 5.74) is 0.733. The highest BCUT2D eigenvalue weighted by atomic mass is 35.5. The van der Waals surface area contributed by atoms with Crippen molar-refractivity contribution in [3.8, 4) is 0 Å². The summed E-state index contributed by atoms with van der Waals surface area (Å²) in [7, 11) is 0. The van der Waals surface area contributed by atoms with Gasteiger partial charge in [-0.3, -0.25) is 0 Å². The van der Waals surface area contributed by atoms with Crippen molar-refractivity contribution in [2.24, 2.45) is 5.92 Å². The Labute approximate surface area is 143 Å². The lowest BCUT2D eigenvalue weighted by Gasteiger charge is -2.30. The largest absolute Gasteiger partial charge is 0.387 e. The summed E-state index contributed by atoms with van der Waals surface area (Å²) in [6.07, 6.45) is 1.80. The Morgan fingerprint density at radius 2 is 2.13 bits per heavy atom. The number of aliphatic hydroxyl groups is 1. The molecule has 2 amide bonds. The first-order chi connectivity index (χ1) is 11.0. The second-order valence-corrected chi connectivity index (χ2v) is 6.69. The molecule has 6 heteroatoms. The van der Waals surface area contributed by atoms with Crippen LogP contribution in [0.4, 0.5) is 4.79 Å². The zero-order chi connectivity index (χ0) is 16.7. The number of carbonyl (C=O) groups excluding carboxylic acids is 1. The summed E-state index contributed by atoms with van der Waals surface area (Å²) in [6, 6.07) is 6.71. The van der Waals surface area contributed by atoms with Gasteiger partial charge >= 0.3 is 6.03 Å². The van der Waals surface area contributed by atoms with Crippen molar-refractivity contribution in [1.82, 2.24) is 15.5 Å². The summed E-state index contributed by atoms with van der Waals surface area (Å²) in [5.74, 6) is 0.743. The van der Waals surface area contributed by atoms with Gasteiger partial charge in [0.05, 0.1) is 6.10 Å². The summed E-state index contributed by atoms with van der Waals surface area (Å²) in [5, 5.41) is 16.2. The SMILES string of the molecule is CC1CCCN(CCNC(=O)NCC(O)c2ccc(Cl)cc2)C1. The van der Waals surface area contributed by atoms with E-state index >= 15 is 0 Å². The molecule has 0 aromatic heterocycles. The van der Waals surface area contributed by atoms with Crippen molar-refractivity contribution in [2.75, 3.05) is 32.7 Å². The van der Waals surface area contributed by atoms with Gasteiger partial charge in [-0.25, -0.2) is 4.79 Å². The van der Waals surface area contributed by atoms with E-state index in [-0.39, 0.29) is 12.6 Å². The zero-order valence-electron chi connectivity index (χ0n) is 13.6. The lowest BCUT2D eigenvalue weighted by Crippen LogP contribution is -2.43. The van der Waals surface area contributed by atoms with E-state index in [1.54, 1.807) is 24.3 Å². The highest BCUT2D eigenvalue weighted by molar-refractivity contribution is 6.30. The number of hydrogen-bond donors (Lipinski definition) is 3. The lowest BCUT2D eigenvalue weighted by molar-refractivity contribution is 0.170. The molecular formula is C17H26ClN3O2. The van der Waals surface area contributed by atoms with Crippen LogP contribution in [0, 0.1) is 5.92 Å². The van der Waals surface area contributed by atoms with Crippen LogP contribution in [0.25, 0.3) is 0 Å². The molecule has 0 aliphatic carbocycles. The fraction of sp³-hybridized carbons (Fsp3) is 0.588. The van der Waals surface area contributed by atoms with Crippen LogP contribution in [0.15, 0.2) is 24.3 Å². The van der Waals surface area contributed by atoms with E-state index < -0.39 is 6.10 Å². The molecule has 1 heterocycles. The first-order valence-corrected chi connectivity index (χ1v) is 8.60. The number of likely N-dealkylation sites (tertiary alicyclic amines) is 1. The molecule has 2 rings (SSSR count). The molecule has 0 spiro atoms. The third-order valence-electron chi connectivity index (χ3n) is 4.17. The molecule has 1 saturated heterocycles. The van der Waals surface area contributed by atoms with E-state index in [1.807, 2.05) is 0 Å². The molecular weight excluding hydrogens is 314 g/mol. The van der Waals surface area contributed by atoms with E-state index in [0.717, 1.165) is 31.1 Å². The van der Waals surface area contributed by atoms with Crippen LogP contribution >= 0.6 is 11.6 Å². The molecule has 1 aliphatic heterocycles. The van der Waals surface area contributed by atoms with Crippen LogP contribution in [0.2, 0.25) is 5.02 Å². The number of amides is 2. The fourth-order valence-electron chi connectivity index (χ4n) is 2.87. The standard InChI is InChI=1S/C17H26ClN3O2/c1-13-3-2-9-21(12-13)10-8-19-17(23)20-11-16(22)14-4-6-15(18)7-5-14/h4-7,13,16,22H,2-3,8-12H2,1H3,(H2,19,20,23). The topological polar surface area (TPSA) is 64.6 Å². The molecule has 1 fully saturated rings. The summed E-state index contributed by atoms with van der Waals surface area (Å²) in [6.45, 7) is 6.16. The Morgan fingerprint density at radius 3 is 2.83 bits per heavy atom. The molecule has 0 bridgehead atoms. The monoisotopic (exact) mass is 339 g/mol. The number of aliphatic hydroxyl groups excluding tert-OH is 1. The molecule has 1 aromatic rings. The maximum Gasteiger partial charge on any atom is 0.314 e. The van der Waals surface area contributed by atoms with Gasteiger partial charge in [-0.2, -0.15) is 0 Å². The lowest BCUT2D eigenvalue weighted by atomic mass is 10.0. The Balaban J connectivity index is 1.62. The highest BCUT2D eigenvalue weighted by Crippen LogP contribution is 2.16. The Hall–Kier alpha value is -1.30. The second kappa shape index (κ2) is 9.11. The minimum Gasteiger partial charge on any atom is -0.387 e. The second-order valence-electron chi connectivity index (χ2n) is 6.25. The Kier molecular flexibility index (Phi) is 7.15. The molecule has 2 unspecified atom stereocenters. The minimum atomic E-state index is -0.735. The van der Waals surface area contributed by atoms with E-state index in [9.17, 15) is 9.90 Å². The van der Waals surface area contributed by atoms with Crippen molar-refractivity contribution in [3.05, 3.63) is 34.9 Å². The fourth-order valence-corrected chi connectivity index (χ4v) is 3.00. The van der Waals surface area contributed by atoms with Crippen molar-refractivity contribution in [3.63, 3.8) is 0 Å². The number of nitrogens with zero attached hydrogens (tertiary/aromatic N) is 1. The Morgan fingerprint density at radius 1 is 1.39 bits per heavy atom. The average Bonchev–Trinajstić information content (AvgIpc) is 2.53. The van der Waals surface area contributed by atoms with E-state index in [0.29, 0.717) is 11.6 Å². The predicted octanol–water partition coefficient (Wildman–Crippen LogP) is 2.40. The first kappa shape index (κ1) is 18.0. The van der Waals surface area contributed by atoms with Crippen molar-refractivity contribution >= 4 is 17.6 Å². The van der Waals surface area contributed by atoms with Gasteiger partial charge in [0.2, 0.25) is 0 Å². The van der Waals surface area contributed by atoms with Crippen molar-refractivity contribution < 1.29 is 9.90 Å². The molecule has 5 nitrogen and oxygen atoms in total. The van der Waals surface area contributed by atoms with Gasteiger partial charge in [0.15, 0.2) is 0 Å². The van der Waals surface area contributed by atoms with Gasteiger partial charge in [0, 0.05) is 31.2 Å². The van der Waals surface area contributed by atoms with Crippen molar-refractivity contribution in [2.45, 2.75) is 25.9 Å². The predicted molar refractivity (Wildman–Crippen MR) is 92.7 cm³/mol. The van der Waals surface area contributed by atoms with E-state index in [4.69, 9.17) is 11.6 Å². The van der Waals surface area contributed by atoms with E-state index in [2.05, 4.69) is 22.5 Å². The quantitative estimate of drug-likeness (QED) is 0.745. The number of carbonyl (C=O) groups is 1. The normalized spacial score (nSPS) is 20.0. The third kappa shape index (κ3) is 6.37. The maximum atomic E-state index is 11.8. The van der Waals surface area contributed by atoms with Gasteiger partial charge in [-0.05, 0) is 43.0 Å². The first-order valence-electron chi connectivity index (χ1n) is 8.22. The number of benzene rings is 1. The van der Waals surface area contributed by atoms with Gasteiger partial charge in [-0.1, -0.05) is 30.7 Å². The smallest absolute Gasteiger partial charge is 0.314 e. The molecule has 1 aliphatic rings. The van der Waals surface area contributed by atoms with Gasteiger partial charge < -0.3 is 20.6 Å². The van der Waals surface area contributed by atoms with Gasteiger partial charge in [-0.15, -0.1) is 0 Å². The van der Waals surface area contributed by atoms with Crippen LogP contribution in [0.5, 0.6) is 0 Å². The average molecular weight is 340 g/mol. The number of hydrogen-bond acceptors (Lipinski definition) is 3. The summed E-state index contributed by atoms with van der Waals surface area (Å²) >= 11 is 5.81. The van der Waals surface area contributed by atoms with Crippen LogP contribution in [0.1, 0.15) is 31.4 Å². The molecule has 128 valence electrons. The molecule has 0 saturated carbocycles. The summed E-state index contributed by atoms with van der Waals surface area (Å²) in [4.78, 5) is 14.2. The third-order valence-corrected chi connectivity index (χ3v) is 4.42. The van der Waals surface area contributed by atoms with Crippen LogP contribution in [0.3, 0.4) is 0 Å². The number of urea groups is 1. The molecule has 2 atom stereocenters. The number of halogens is 1. The van der Waals surface area contributed by atoms with Crippen molar-refractivity contribution in [1.29, 1.82) is 0 Å².